The van der Waals surface area contributed by atoms with E-state index in [0.29, 0.717) is 0 Å². The van der Waals surface area contributed by atoms with Gasteiger partial charge in [-0.05, 0) is 42.7 Å². The molecule has 0 aliphatic rings. The van der Waals surface area contributed by atoms with Crippen molar-refractivity contribution < 1.29 is 18.7 Å². The van der Waals surface area contributed by atoms with Crippen LogP contribution in [0, 0.1) is 17.6 Å². The van der Waals surface area contributed by atoms with Crippen molar-refractivity contribution in [1.82, 2.24) is 0 Å². The summed E-state index contributed by atoms with van der Waals surface area (Å²) in [7, 11) is 0. The second-order valence-corrected chi connectivity index (χ2v) is 5.69. The molecule has 2 aromatic carbocycles. The number of carboxylic acids is 1. The van der Waals surface area contributed by atoms with Gasteiger partial charge in [0.1, 0.15) is 11.6 Å². The van der Waals surface area contributed by atoms with Crippen molar-refractivity contribution in [2.45, 2.75) is 12.8 Å². The zero-order valence-electron chi connectivity index (χ0n) is 11.0. The molecule has 1 unspecified atom stereocenters. The third kappa shape index (κ3) is 4.11. The Morgan fingerprint density at radius 2 is 1.71 bits per heavy atom. The maximum Gasteiger partial charge on any atom is 0.307 e. The van der Waals surface area contributed by atoms with Gasteiger partial charge in [-0.3, -0.25) is 4.79 Å². The van der Waals surface area contributed by atoms with Crippen LogP contribution >= 0.6 is 15.9 Å². The first-order chi connectivity index (χ1) is 9.97. The first kappa shape index (κ1) is 15.6. The van der Waals surface area contributed by atoms with E-state index >= 15 is 0 Å². The molecule has 0 saturated heterocycles. The number of benzene rings is 2. The number of rotatable bonds is 5. The Morgan fingerprint density at radius 3 is 2.29 bits per heavy atom. The number of carboxylic acid groups (broad SMARTS) is 1. The molecule has 0 heterocycles. The summed E-state index contributed by atoms with van der Waals surface area (Å²) >= 11 is 3.31. The van der Waals surface area contributed by atoms with Crippen LogP contribution in [0.4, 0.5) is 8.78 Å². The predicted molar refractivity (Wildman–Crippen MR) is 79.0 cm³/mol. The van der Waals surface area contributed by atoms with Crippen molar-refractivity contribution in [3.05, 3.63) is 69.7 Å². The average Bonchev–Trinajstić information content (AvgIpc) is 2.41. The second kappa shape index (κ2) is 6.80. The summed E-state index contributed by atoms with van der Waals surface area (Å²) < 4.78 is 28.1. The molecular weight excluding hydrogens is 342 g/mol. The summed E-state index contributed by atoms with van der Waals surface area (Å²) in [5.74, 6) is -3.38. The molecule has 0 saturated carbocycles. The summed E-state index contributed by atoms with van der Waals surface area (Å²) in [6, 6.07) is 10.7. The smallest absolute Gasteiger partial charge is 0.307 e. The molecule has 2 nitrogen and oxygen atoms in total. The van der Waals surface area contributed by atoms with Gasteiger partial charge in [-0.2, -0.15) is 0 Å². The van der Waals surface area contributed by atoms with E-state index in [1.807, 2.05) is 6.07 Å². The molecule has 1 N–H and O–H groups in total. The highest BCUT2D eigenvalue weighted by molar-refractivity contribution is 9.10. The van der Waals surface area contributed by atoms with Gasteiger partial charge in [0.2, 0.25) is 0 Å². The molecule has 0 spiro atoms. The lowest BCUT2D eigenvalue weighted by Crippen LogP contribution is -2.20. The first-order valence-corrected chi connectivity index (χ1v) is 7.17. The molecule has 5 heteroatoms. The Balaban J connectivity index is 2.22. The van der Waals surface area contributed by atoms with Gasteiger partial charge >= 0.3 is 5.97 Å². The van der Waals surface area contributed by atoms with Crippen LogP contribution in [0.1, 0.15) is 11.1 Å². The maximum atomic E-state index is 13.6. The minimum atomic E-state index is -1.07. The topological polar surface area (TPSA) is 37.3 Å². The van der Waals surface area contributed by atoms with Crippen molar-refractivity contribution in [2.24, 2.45) is 5.92 Å². The fraction of sp³-hybridized carbons (Fsp3) is 0.188. The molecule has 21 heavy (non-hydrogen) atoms. The lowest BCUT2D eigenvalue weighted by molar-refractivity contribution is -0.141. The van der Waals surface area contributed by atoms with Gasteiger partial charge in [0.15, 0.2) is 0 Å². The monoisotopic (exact) mass is 354 g/mol. The molecule has 2 aromatic rings. The van der Waals surface area contributed by atoms with E-state index in [1.165, 1.54) is 6.07 Å². The second-order valence-electron chi connectivity index (χ2n) is 4.77. The van der Waals surface area contributed by atoms with Crippen LogP contribution in [0.2, 0.25) is 0 Å². The molecule has 110 valence electrons. The van der Waals surface area contributed by atoms with Crippen molar-refractivity contribution in [3.63, 3.8) is 0 Å². The molecule has 1 atom stereocenters. The molecule has 0 fully saturated rings. The van der Waals surface area contributed by atoms with Gasteiger partial charge in [0, 0.05) is 10.0 Å². The number of hydrogen-bond donors (Lipinski definition) is 1. The van der Waals surface area contributed by atoms with Crippen molar-refractivity contribution in [2.75, 3.05) is 0 Å². The Bertz CT molecular complexity index is 638. The van der Waals surface area contributed by atoms with Crippen LogP contribution in [0.15, 0.2) is 46.9 Å². The van der Waals surface area contributed by atoms with Crippen LogP contribution in [0.25, 0.3) is 0 Å². The third-order valence-electron chi connectivity index (χ3n) is 3.23. The Labute approximate surface area is 129 Å². The van der Waals surface area contributed by atoms with Crippen LogP contribution in [-0.4, -0.2) is 11.1 Å². The Morgan fingerprint density at radius 1 is 1.10 bits per heavy atom. The number of carbonyl (C=O) groups is 1. The molecule has 0 radical (unpaired) electrons. The van der Waals surface area contributed by atoms with Gasteiger partial charge in [-0.25, -0.2) is 8.78 Å². The van der Waals surface area contributed by atoms with Crippen molar-refractivity contribution >= 4 is 21.9 Å². The fourth-order valence-electron chi connectivity index (χ4n) is 2.17. The summed E-state index contributed by atoms with van der Waals surface area (Å²) in [5.41, 5.74) is 0.619. The van der Waals surface area contributed by atoms with Gasteiger partial charge in [0.25, 0.3) is 0 Å². The van der Waals surface area contributed by atoms with E-state index in [-0.39, 0.29) is 18.4 Å². The molecule has 0 aromatic heterocycles. The zero-order valence-corrected chi connectivity index (χ0v) is 12.6. The summed E-state index contributed by atoms with van der Waals surface area (Å²) in [5, 5.41) is 9.29. The predicted octanol–water partition coefficient (Wildman–Crippen LogP) is 4.21. The van der Waals surface area contributed by atoms with E-state index < -0.39 is 23.5 Å². The Kier molecular flexibility index (Phi) is 5.07. The van der Waals surface area contributed by atoms with Crippen LogP contribution in [0.5, 0.6) is 0 Å². The summed E-state index contributed by atoms with van der Waals surface area (Å²) in [6.45, 7) is 0. The minimum absolute atomic E-state index is 0.180. The maximum absolute atomic E-state index is 13.6. The molecule has 0 aliphatic heterocycles. The van der Waals surface area contributed by atoms with Crippen LogP contribution in [-0.2, 0) is 17.6 Å². The SMILES string of the molecule is O=C(O)C(Cc1cccc(Br)c1)Cc1c(F)cccc1F. The largest absolute Gasteiger partial charge is 0.481 e. The highest BCUT2D eigenvalue weighted by atomic mass is 79.9. The van der Waals surface area contributed by atoms with Crippen LogP contribution in [0.3, 0.4) is 0 Å². The van der Waals surface area contributed by atoms with Crippen molar-refractivity contribution in [3.8, 4) is 0 Å². The van der Waals surface area contributed by atoms with Gasteiger partial charge in [0.05, 0.1) is 5.92 Å². The third-order valence-corrected chi connectivity index (χ3v) is 3.73. The van der Waals surface area contributed by atoms with Crippen LogP contribution < -0.4 is 0 Å². The van der Waals surface area contributed by atoms with E-state index in [4.69, 9.17) is 0 Å². The lowest BCUT2D eigenvalue weighted by Gasteiger charge is -2.14. The van der Waals surface area contributed by atoms with Gasteiger partial charge < -0.3 is 5.11 Å². The molecule has 2 rings (SSSR count). The van der Waals surface area contributed by atoms with Gasteiger partial charge in [-0.15, -0.1) is 0 Å². The van der Waals surface area contributed by atoms with Gasteiger partial charge in [-0.1, -0.05) is 34.1 Å². The lowest BCUT2D eigenvalue weighted by atomic mass is 9.92. The highest BCUT2D eigenvalue weighted by Gasteiger charge is 2.22. The quantitative estimate of drug-likeness (QED) is 0.872. The van der Waals surface area contributed by atoms with Crippen molar-refractivity contribution in [1.29, 1.82) is 0 Å². The normalized spacial score (nSPS) is 12.1. The number of halogens is 3. The Hall–Kier alpha value is -1.75. The number of hydrogen-bond acceptors (Lipinski definition) is 1. The minimum Gasteiger partial charge on any atom is -0.481 e. The van der Waals surface area contributed by atoms with E-state index in [2.05, 4.69) is 15.9 Å². The highest BCUT2D eigenvalue weighted by Crippen LogP contribution is 2.21. The van der Waals surface area contributed by atoms with E-state index in [9.17, 15) is 18.7 Å². The fourth-order valence-corrected chi connectivity index (χ4v) is 2.62. The van der Waals surface area contributed by atoms with E-state index in [1.54, 1.807) is 18.2 Å². The molecule has 0 aliphatic carbocycles. The average molecular weight is 355 g/mol. The number of aliphatic carboxylic acids is 1. The van der Waals surface area contributed by atoms with E-state index in [0.717, 1.165) is 22.2 Å². The summed E-state index contributed by atoms with van der Waals surface area (Å²) in [4.78, 5) is 11.4. The zero-order chi connectivity index (χ0) is 15.4. The standard InChI is InChI=1S/C16H13BrF2O2/c17-12-4-1-3-10(8-12)7-11(16(20)21)9-13-14(18)5-2-6-15(13)19/h1-6,8,11H,7,9H2,(H,20,21). The first-order valence-electron chi connectivity index (χ1n) is 6.37. The molecule has 0 amide bonds. The molecule has 0 bridgehead atoms. The summed E-state index contributed by atoms with van der Waals surface area (Å²) in [6.07, 6.45) is 0.0307. The molecular formula is C16H13BrF2O2.